The van der Waals surface area contributed by atoms with Gasteiger partial charge in [-0.2, -0.15) is 0 Å². The van der Waals surface area contributed by atoms with E-state index in [1.165, 1.54) is 22.9 Å². The van der Waals surface area contributed by atoms with Crippen LogP contribution in [0.15, 0.2) is 78.0 Å². The van der Waals surface area contributed by atoms with E-state index >= 15 is 0 Å². The Balaban J connectivity index is 1.62. The van der Waals surface area contributed by atoms with Crippen molar-refractivity contribution in [2.45, 2.75) is 25.9 Å². The van der Waals surface area contributed by atoms with Gasteiger partial charge in [0.05, 0.1) is 11.4 Å². The van der Waals surface area contributed by atoms with E-state index in [4.69, 9.17) is 0 Å². The van der Waals surface area contributed by atoms with E-state index in [1.807, 2.05) is 66.1 Å². The van der Waals surface area contributed by atoms with E-state index in [2.05, 4.69) is 47.6 Å². The summed E-state index contributed by atoms with van der Waals surface area (Å²) < 4.78 is 2.02. The van der Waals surface area contributed by atoms with Crippen molar-refractivity contribution < 1.29 is 4.79 Å². The first-order valence-electron chi connectivity index (χ1n) is 10.1. The van der Waals surface area contributed by atoms with E-state index in [0.717, 1.165) is 28.3 Å². The van der Waals surface area contributed by atoms with E-state index in [9.17, 15) is 4.79 Å². The van der Waals surface area contributed by atoms with Crippen LogP contribution in [-0.4, -0.2) is 26.4 Å². The number of benzene rings is 3. The molecule has 5 nitrogen and oxygen atoms in total. The maximum Gasteiger partial charge on any atom is 0.234 e. The number of anilines is 1. The predicted octanol–water partition coefficient (Wildman–Crippen LogP) is 5.59. The van der Waals surface area contributed by atoms with Gasteiger partial charge in [-0.15, -0.1) is 10.2 Å². The fraction of sp³-hybridized carbons (Fsp3) is 0.160. The van der Waals surface area contributed by atoms with Gasteiger partial charge >= 0.3 is 0 Å². The zero-order valence-corrected chi connectivity index (χ0v) is 18.6. The van der Waals surface area contributed by atoms with E-state index < -0.39 is 0 Å². The van der Waals surface area contributed by atoms with E-state index in [-0.39, 0.29) is 11.7 Å². The number of carbonyl (C=O) groups is 1. The molecule has 0 aliphatic heterocycles. The van der Waals surface area contributed by atoms with Gasteiger partial charge in [-0.05, 0) is 61.7 Å². The number of rotatable bonds is 6. The number of aryl methyl sites for hydroxylation is 3. The number of hydrogen-bond donors (Lipinski definition) is 1. The van der Waals surface area contributed by atoms with Gasteiger partial charge in [-0.3, -0.25) is 9.36 Å². The molecular weight excluding hydrogens is 404 g/mol. The van der Waals surface area contributed by atoms with Gasteiger partial charge < -0.3 is 5.32 Å². The van der Waals surface area contributed by atoms with Crippen LogP contribution in [0.3, 0.4) is 0 Å². The molecule has 0 aliphatic rings. The largest absolute Gasteiger partial charge is 0.325 e. The van der Waals surface area contributed by atoms with Crippen molar-refractivity contribution >= 4 is 23.4 Å². The number of hydrogen-bond acceptors (Lipinski definition) is 4. The molecule has 0 spiro atoms. The first-order chi connectivity index (χ1) is 15.0. The third kappa shape index (κ3) is 4.86. The summed E-state index contributed by atoms with van der Waals surface area (Å²) in [4.78, 5) is 12.5. The van der Waals surface area contributed by atoms with Crippen molar-refractivity contribution in [1.29, 1.82) is 0 Å². The molecule has 1 amide bonds. The molecule has 4 rings (SSSR count). The van der Waals surface area contributed by atoms with Gasteiger partial charge in [0, 0.05) is 11.3 Å². The average molecular weight is 429 g/mol. The second kappa shape index (κ2) is 9.18. The summed E-state index contributed by atoms with van der Waals surface area (Å²) in [7, 11) is 0. The van der Waals surface area contributed by atoms with Crippen LogP contribution < -0.4 is 5.32 Å². The number of thioether (sulfide) groups is 1. The zero-order valence-electron chi connectivity index (χ0n) is 17.8. The molecule has 31 heavy (non-hydrogen) atoms. The second-order valence-electron chi connectivity index (χ2n) is 7.48. The Labute approximate surface area is 186 Å². The van der Waals surface area contributed by atoms with Crippen LogP contribution in [0.25, 0.3) is 17.1 Å². The van der Waals surface area contributed by atoms with Gasteiger partial charge in [0.2, 0.25) is 5.91 Å². The third-order valence-corrected chi connectivity index (χ3v) is 5.98. The lowest BCUT2D eigenvalue weighted by Gasteiger charge is -2.12. The Morgan fingerprint density at radius 3 is 2.45 bits per heavy atom. The minimum atomic E-state index is -0.0773. The normalized spacial score (nSPS) is 10.8. The maximum absolute atomic E-state index is 12.5. The van der Waals surface area contributed by atoms with Crippen LogP contribution in [0.2, 0.25) is 0 Å². The number of carbonyl (C=O) groups excluding carboxylic acids is 1. The number of aromatic nitrogens is 3. The van der Waals surface area contributed by atoms with Crippen LogP contribution in [-0.2, 0) is 4.79 Å². The van der Waals surface area contributed by atoms with Crippen LogP contribution in [0.5, 0.6) is 0 Å². The monoisotopic (exact) mass is 428 g/mol. The summed E-state index contributed by atoms with van der Waals surface area (Å²) >= 11 is 1.38. The van der Waals surface area contributed by atoms with Crippen molar-refractivity contribution in [3.63, 3.8) is 0 Å². The molecule has 1 N–H and O–H groups in total. The van der Waals surface area contributed by atoms with Gasteiger partial charge in [0.15, 0.2) is 11.0 Å². The quantitative estimate of drug-likeness (QED) is 0.407. The van der Waals surface area contributed by atoms with Crippen molar-refractivity contribution in [3.8, 4) is 17.1 Å². The highest BCUT2D eigenvalue weighted by Gasteiger charge is 2.17. The van der Waals surface area contributed by atoms with Gasteiger partial charge in [-0.25, -0.2) is 0 Å². The molecule has 0 radical (unpaired) electrons. The summed E-state index contributed by atoms with van der Waals surface area (Å²) in [6, 6.07) is 24.0. The van der Waals surface area contributed by atoms with Crippen molar-refractivity contribution in [2.75, 3.05) is 11.1 Å². The Hall–Kier alpha value is -3.38. The number of amides is 1. The SMILES string of the molecule is Cc1cccc(NC(=O)CSc2nnc(-c3ccccc3)n2-c2ccc(C)c(C)c2)c1. The van der Waals surface area contributed by atoms with Gasteiger partial charge in [0.1, 0.15) is 0 Å². The van der Waals surface area contributed by atoms with Crippen molar-refractivity contribution in [1.82, 2.24) is 14.8 Å². The lowest BCUT2D eigenvalue weighted by molar-refractivity contribution is -0.113. The average Bonchev–Trinajstić information content (AvgIpc) is 3.19. The van der Waals surface area contributed by atoms with Gasteiger partial charge in [0.25, 0.3) is 0 Å². The Kier molecular flexibility index (Phi) is 6.18. The zero-order chi connectivity index (χ0) is 21.8. The molecule has 4 aromatic rings. The molecule has 6 heteroatoms. The molecule has 0 fully saturated rings. The van der Waals surface area contributed by atoms with E-state index in [0.29, 0.717) is 5.16 Å². The van der Waals surface area contributed by atoms with Crippen LogP contribution >= 0.6 is 11.8 Å². The molecular formula is C25H24N4OS. The number of nitrogens with one attached hydrogen (secondary N) is 1. The topological polar surface area (TPSA) is 59.8 Å². The Morgan fingerprint density at radius 1 is 0.903 bits per heavy atom. The van der Waals surface area contributed by atoms with Crippen LogP contribution in [0.1, 0.15) is 16.7 Å². The summed E-state index contributed by atoms with van der Waals surface area (Å²) in [5.41, 5.74) is 6.28. The molecule has 1 aromatic heterocycles. The second-order valence-corrected chi connectivity index (χ2v) is 8.43. The molecule has 0 bridgehead atoms. The lowest BCUT2D eigenvalue weighted by atomic mass is 10.1. The molecule has 0 saturated heterocycles. The number of nitrogens with zero attached hydrogens (tertiary/aromatic N) is 3. The smallest absolute Gasteiger partial charge is 0.234 e. The molecule has 0 aliphatic carbocycles. The highest BCUT2D eigenvalue weighted by Crippen LogP contribution is 2.29. The Morgan fingerprint density at radius 2 is 1.71 bits per heavy atom. The first kappa shape index (κ1) is 20.9. The van der Waals surface area contributed by atoms with Crippen molar-refractivity contribution in [2.24, 2.45) is 0 Å². The fourth-order valence-corrected chi connectivity index (χ4v) is 4.04. The maximum atomic E-state index is 12.5. The molecule has 0 saturated carbocycles. The molecule has 1 heterocycles. The summed E-state index contributed by atoms with van der Waals surface area (Å²) in [6.45, 7) is 6.18. The van der Waals surface area contributed by atoms with Crippen molar-refractivity contribution in [3.05, 3.63) is 89.5 Å². The fourth-order valence-electron chi connectivity index (χ4n) is 3.29. The van der Waals surface area contributed by atoms with Gasteiger partial charge in [-0.1, -0.05) is 60.3 Å². The molecule has 156 valence electrons. The Bertz CT molecular complexity index is 1220. The molecule has 0 atom stereocenters. The first-order valence-corrected chi connectivity index (χ1v) is 11.1. The summed E-state index contributed by atoms with van der Waals surface area (Å²) in [5, 5.41) is 12.5. The lowest BCUT2D eigenvalue weighted by Crippen LogP contribution is -2.14. The minimum Gasteiger partial charge on any atom is -0.325 e. The highest BCUT2D eigenvalue weighted by molar-refractivity contribution is 7.99. The third-order valence-electron chi connectivity index (χ3n) is 5.05. The highest BCUT2D eigenvalue weighted by atomic mass is 32.2. The minimum absolute atomic E-state index is 0.0773. The standard InChI is InChI=1S/C25H24N4OS/c1-17-8-7-11-21(14-17)26-23(30)16-31-25-28-27-24(20-9-5-4-6-10-20)29(25)22-13-12-18(2)19(3)15-22/h4-15H,16H2,1-3H3,(H,26,30). The van der Waals surface area contributed by atoms with Crippen LogP contribution in [0.4, 0.5) is 5.69 Å². The molecule has 3 aromatic carbocycles. The molecule has 0 unspecified atom stereocenters. The predicted molar refractivity (Wildman–Crippen MR) is 127 cm³/mol. The summed E-state index contributed by atoms with van der Waals surface area (Å²) in [6.07, 6.45) is 0. The van der Waals surface area contributed by atoms with E-state index in [1.54, 1.807) is 0 Å². The summed E-state index contributed by atoms with van der Waals surface area (Å²) in [5.74, 6) is 0.919. The van der Waals surface area contributed by atoms with Crippen LogP contribution in [0, 0.1) is 20.8 Å².